The van der Waals surface area contributed by atoms with Crippen LogP contribution in [0.5, 0.6) is 5.75 Å². The van der Waals surface area contributed by atoms with Gasteiger partial charge in [-0.25, -0.2) is 0 Å². The van der Waals surface area contributed by atoms with Crippen molar-refractivity contribution in [3.8, 4) is 5.75 Å². The van der Waals surface area contributed by atoms with Crippen LogP contribution in [-0.2, 0) is 12.8 Å². The molecule has 1 aromatic carbocycles. The molecule has 0 aliphatic carbocycles. The van der Waals surface area contributed by atoms with Gasteiger partial charge in [-0.2, -0.15) is 0 Å². The lowest BCUT2D eigenvalue weighted by molar-refractivity contribution is 0.351. The maximum absolute atomic E-state index is 6.22. The number of hydrogen-bond donors (Lipinski definition) is 1. The third-order valence-corrected chi connectivity index (χ3v) is 4.32. The highest BCUT2D eigenvalue weighted by atomic mass is 35.5. The summed E-state index contributed by atoms with van der Waals surface area (Å²) in [4.78, 5) is 0. The molecule has 1 aliphatic rings. The number of ether oxygens (including phenoxy) is 1. The van der Waals surface area contributed by atoms with E-state index in [0.717, 1.165) is 30.2 Å². The zero-order valence-electron chi connectivity index (χ0n) is 12.7. The van der Waals surface area contributed by atoms with Crippen LogP contribution in [0.2, 0.25) is 5.02 Å². The molecule has 0 bridgehead atoms. The first kappa shape index (κ1) is 15.7. The van der Waals surface area contributed by atoms with Crippen molar-refractivity contribution in [2.45, 2.75) is 57.9 Å². The molecule has 2 rings (SSSR count). The van der Waals surface area contributed by atoms with E-state index >= 15 is 0 Å². The second-order valence-electron chi connectivity index (χ2n) is 5.69. The minimum absolute atomic E-state index is 0.513. The summed E-state index contributed by atoms with van der Waals surface area (Å²) >= 11 is 6.22. The topological polar surface area (TPSA) is 21.3 Å². The lowest BCUT2D eigenvalue weighted by Crippen LogP contribution is -2.27. The molecule has 1 heterocycles. The monoisotopic (exact) mass is 295 g/mol. The zero-order chi connectivity index (χ0) is 14.4. The second kappa shape index (κ2) is 7.90. The minimum atomic E-state index is 0.513. The number of benzene rings is 1. The van der Waals surface area contributed by atoms with Crippen molar-refractivity contribution < 1.29 is 4.74 Å². The van der Waals surface area contributed by atoms with Crippen molar-refractivity contribution in [1.82, 2.24) is 5.32 Å². The molecule has 1 atom stereocenters. The van der Waals surface area contributed by atoms with Gasteiger partial charge in [-0.05, 0) is 43.1 Å². The van der Waals surface area contributed by atoms with Gasteiger partial charge in [0.1, 0.15) is 5.75 Å². The van der Waals surface area contributed by atoms with E-state index in [1.807, 2.05) is 6.07 Å². The van der Waals surface area contributed by atoms with Crippen LogP contribution >= 0.6 is 11.6 Å². The summed E-state index contributed by atoms with van der Waals surface area (Å²) in [6.07, 6.45) is 8.47. The molecule has 20 heavy (non-hydrogen) atoms. The van der Waals surface area contributed by atoms with Crippen LogP contribution in [0, 0.1) is 0 Å². The Bertz CT molecular complexity index is 433. The van der Waals surface area contributed by atoms with Crippen LogP contribution in [-0.4, -0.2) is 19.7 Å². The Morgan fingerprint density at radius 3 is 2.90 bits per heavy atom. The molecule has 0 saturated heterocycles. The molecular formula is C17H26ClNO. The first-order chi connectivity index (χ1) is 9.74. The quantitative estimate of drug-likeness (QED) is 0.719. The summed E-state index contributed by atoms with van der Waals surface area (Å²) in [5.74, 6) is 1.09. The number of hydrogen-bond acceptors (Lipinski definition) is 2. The van der Waals surface area contributed by atoms with Gasteiger partial charge >= 0.3 is 0 Å². The van der Waals surface area contributed by atoms with Crippen LogP contribution in [0.3, 0.4) is 0 Å². The van der Waals surface area contributed by atoms with Crippen molar-refractivity contribution in [3.05, 3.63) is 28.3 Å². The van der Waals surface area contributed by atoms with Gasteiger partial charge in [0.05, 0.1) is 6.61 Å². The van der Waals surface area contributed by atoms with E-state index in [9.17, 15) is 0 Å². The summed E-state index contributed by atoms with van der Waals surface area (Å²) < 4.78 is 5.79. The van der Waals surface area contributed by atoms with Crippen molar-refractivity contribution >= 4 is 11.6 Å². The Labute approximate surface area is 127 Å². The van der Waals surface area contributed by atoms with Crippen LogP contribution in [0.4, 0.5) is 0 Å². The summed E-state index contributed by atoms with van der Waals surface area (Å²) in [5.41, 5.74) is 2.54. The van der Waals surface area contributed by atoms with E-state index in [4.69, 9.17) is 16.3 Å². The van der Waals surface area contributed by atoms with E-state index < -0.39 is 0 Å². The smallest absolute Gasteiger partial charge is 0.125 e. The van der Waals surface area contributed by atoms with Gasteiger partial charge in [-0.1, -0.05) is 44.2 Å². The minimum Gasteiger partial charge on any atom is -0.493 e. The first-order valence-electron chi connectivity index (χ1n) is 7.86. The van der Waals surface area contributed by atoms with Crippen molar-refractivity contribution in [1.29, 1.82) is 0 Å². The number of halogens is 1. The van der Waals surface area contributed by atoms with E-state index in [1.54, 1.807) is 0 Å². The average Bonchev–Trinajstić information content (AvgIpc) is 2.90. The van der Waals surface area contributed by atoms with Gasteiger partial charge < -0.3 is 10.1 Å². The van der Waals surface area contributed by atoms with Gasteiger partial charge in [-0.3, -0.25) is 0 Å². The Kier molecular flexibility index (Phi) is 6.18. The third-order valence-electron chi connectivity index (χ3n) is 4.11. The average molecular weight is 296 g/mol. The summed E-state index contributed by atoms with van der Waals surface area (Å²) in [6, 6.07) is 4.63. The molecule has 0 radical (unpaired) electrons. The van der Waals surface area contributed by atoms with Crippen LogP contribution < -0.4 is 10.1 Å². The maximum Gasteiger partial charge on any atom is 0.125 e. The molecule has 3 heteroatoms. The van der Waals surface area contributed by atoms with Crippen molar-refractivity contribution in [2.75, 3.05) is 13.7 Å². The lowest BCUT2D eigenvalue weighted by atomic mass is 9.98. The lowest BCUT2D eigenvalue weighted by Gasteiger charge is -2.18. The molecule has 1 unspecified atom stereocenters. The Balaban J connectivity index is 1.97. The normalized spacial score (nSPS) is 14.9. The fraction of sp³-hybridized carbons (Fsp3) is 0.647. The molecule has 1 N–H and O–H groups in total. The van der Waals surface area contributed by atoms with Crippen LogP contribution in [0.25, 0.3) is 0 Å². The van der Waals surface area contributed by atoms with Gasteiger partial charge in [0.25, 0.3) is 0 Å². The zero-order valence-corrected chi connectivity index (χ0v) is 13.4. The molecule has 1 aromatic rings. The highest BCUT2D eigenvalue weighted by molar-refractivity contribution is 6.30. The van der Waals surface area contributed by atoms with Gasteiger partial charge in [-0.15, -0.1) is 0 Å². The Morgan fingerprint density at radius 1 is 1.30 bits per heavy atom. The van der Waals surface area contributed by atoms with Crippen LogP contribution in [0.15, 0.2) is 12.1 Å². The number of unbranched alkanes of at least 4 members (excludes halogenated alkanes) is 3. The Hall–Kier alpha value is -0.730. The summed E-state index contributed by atoms with van der Waals surface area (Å²) in [5, 5.41) is 4.28. The fourth-order valence-electron chi connectivity index (χ4n) is 2.93. The Morgan fingerprint density at radius 2 is 2.15 bits per heavy atom. The predicted molar refractivity (Wildman–Crippen MR) is 86.0 cm³/mol. The molecule has 112 valence electrons. The molecular weight excluding hydrogens is 270 g/mol. The van der Waals surface area contributed by atoms with E-state index in [2.05, 4.69) is 25.4 Å². The molecule has 1 aliphatic heterocycles. The fourth-order valence-corrected chi connectivity index (χ4v) is 3.19. The van der Waals surface area contributed by atoms with Gasteiger partial charge in [0.2, 0.25) is 0 Å². The molecule has 0 spiro atoms. The summed E-state index contributed by atoms with van der Waals surface area (Å²) in [6.45, 7) is 3.05. The molecule has 2 nitrogen and oxygen atoms in total. The summed E-state index contributed by atoms with van der Waals surface area (Å²) in [7, 11) is 2.05. The molecule has 0 aromatic heterocycles. The molecule has 0 amide bonds. The van der Waals surface area contributed by atoms with Gasteiger partial charge in [0, 0.05) is 17.5 Å². The van der Waals surface area contributed by atoms with Gasteiger partial charge in [0.15, 0.2) is 0 Å². The molecule has 0 fully saturated rings. The molecule has 0 saturated carbocycles. The standard InChI is InChI=1S/C17H26ClNO/c1-3-4-5-6-7-16(19-2)12-14-11-15(18)10-13-8-9-20-17(13)14/h10-11,16,19H,3-9,12H2,1-2H3. The van der Waals surface area contributed by atoms with Crippen molar-refractivity contribution in [2.24, 2.45) is 0 Å². The first-order valence-corrected chi connectivity index (χ1v) is 8.23. The van der Waals surface area contributed by atoms with E-state index in [0.29, 0.717) is 6.04 Å². The van der Waals surface area contributed by atoms with E-state index in [-0.39, 0.29) is 0 Å². The van der Waals surface area contributed by atoms with E-state index in [1.165, 1.54) is 43.2 Å². The number of likely N-dealkylation sites (N-methyl/N-ethyl adjacent to an activating group) is 1. The third kappa shape index (κ3) is 4.13. The number of fused-ring (bicyclic) bond motifs is 1. The van der Waals surface area contributed by atoms with Crippen LogP contribution in [0.1, 0.15) is 50.2 Å². The largest absolute Gasteiger partial charge is 0.493 e. The number of rotatable bonds is 8. The second-order valence-corrected chi connectivity index (χ2v) is 6.13. The number of nitrogens with one attached hydrogen (secondary N) is 1. The SMILES string of the molecule is CCCCCCC(Cc1cc(Cl)cc2c1OCC2)NC. The maximum atomic E-state index is 6.22. The van der Waals surface area contributed by atoms with Crippen molar-refractivity contribution in [3.63, 3.8) is 0 Å². The predicted octanol–water partition coefficient (Wildman–Crippen LogP) is 4.38. The highest BCUT2D eigenvalue weighted by Gasteiger charge is 2.19. The highest BCUT2D eigenvalue weighted by Crippen LogP contribution is 2.33.